The van der Waals surface area contributed by atoms with Crippen molar-refractivity contribution < 1.29 is 4.79 Å². The Morgan fingerprint density at radius 2 is 2.19 bits per heavy atom. The van der Waals surface area contributed by atoms with Gasteiger partial charge in [0.05, 0.1) is 12.2 Å². The van der Waals surface area contributed by atoms with Crippen molar-refractivity contribution >= 4 is 12.0 Å². The monoisotopic (exact) mass is 219 g/mol. The lowest BCUT2D eigenvalue weighted by molar-refractivity contribution is -0.113. The third kappa shape index (κ3) is 2.72. The van der Waals surface area contributed by atoms with Gasteiger partial charge in [-0.3, -0.25) is 9.48 Å². The minimum Gasteiger partial charge on any atom is -0.366 e. The second kappa shape index (κ2) is 4.96. The maximum atomic E-state index is 10.6. The normalized spacial score (nSPS) is 18.0. The van der Waals surface area contributed by atoms with Gasteiger partial charge in [0, 0.05) is 17.8 Å². The summed E-state index contributed by atoms with van der Waals surface area (Å²) in [7, 11) is 0. The zero-order chi connectivity index (χ0) is 11.4. The molecule has 0 unspecified atom stereocenters. The highest BCUT2D eigenvalue weighted by atomic mass is 16.1. The van der Waals surface area contributed by atoms with Crippen LogP contribution in [0.1, 0.15) is 43.7 Å². The van der Waals surface area contributed by atoms with Crippen molar-refractivity contribution in [3.05, 3.63) is 24.0 Å². The van der Waals surface area contributed by atoms with Crippen LogP contribution in [0.5, 0.6) is 0 Å². The Balaban J connectivity index is 2.03. The molecule has 1 aliphatic carbocycles. The minimum absolute atomic E-state index is 0.426. The molecule has 0 atom stereocenters. The number of nitrogens with zero attached hydrogens (tertiary/aromatic N) is 2. The standard InChI is InChI=1S/C12H17N3O/c13-12(16)7-6-10-8-14-15(9-10)11-4-2-1-3-5-11/h6-9,11H,1-5H2,(H2,13,16)/b7-6-. The van der Waals surface area contributed by atoms with Crippen LogP contribution in [-0.2, 0) is 4.79 Å². The summed E-state index contributed by atoms with van der Waals surface area (Å²) in [6.07, 6.45) is 13.2. The fourth-order valence-electron chi connectivity index (χ4n) is 2.16. The molecule has 1 aromatic heterocycles. The molecule has 0 spiro atoms. The highest BCUT2D eigenvalue weighted by Gasteiger charge is 2.15. The predicted molar refractivity (Wildman–Crippen MR) is 62.6 cm³/mol. The van der Waals surface area contributed by atoms with E-state index in [0.29, 0.717) is 6.04 Å². The van der Waals surface area contributed by atoms with E-state index in [2.05, 4.69) is 5.10 Å². The molecule has 16 heavy (non-hydrogen) atoms. The summed E-state index contributed by atoms with van der Waals surface area (Å²) < 4.78 is 2.01. The third-order valence-corrected chi connectivity index (χ3v) is 3.01. The Labute approximate surface area is 95.1 Å². The predicted octanol–water partition coefficient (Wildman–Crippen LogP) is 1.89. The van der Waals surface area contributed by atoms with E-state index >= 15 is 0 Å². The van der Waals surface area contributed by atoms with Gasteiger partial charge in [0.2, 0.25) is 5.91 Å². The number of primary amides is 1. The highest BCUT2D eigenvalue weighted by molar-refractivity contribution is 5.90. The molecule has 1 aliphatic rings. The topological polar surface area (TPSA) is 60.9 Å². The maximum absolute atomic E-state index is 10.6. The first-order valence-electron chi connectivity index (χ1n) is 5.77. The molecule has 2 N–H and O–H groups in total. The van der Waals surface area contributed by atoms with Gasteiger partial charge in [-0.25, -0.2) is 0 Å². The van der Waals surface area contributed by atoms with E-state index < -0.39 is 5.91 Å². The average Bonchev–Trinajstić information content (AvgIpc) is 2.76. The molecule has 4 heteroatoms. The number of hydrogen-bond acceptors (Lipinski definition) is 2. The summed E-state index contributed by atoms with van der Waals surface area (Å²) >= 11 is 0. The summed E-state index contributed by atoms with van der Waals surface area (Å²) in [6.45, 7) is 0. The summed E-state index contributed by atoms with van der Waals surface area (Å²) in [5, 5.41) is 4.33. The smallest absolute Gasteiger partial charge is 0.241 e. The SMILES string of the molecule is NC(=O)/C=C\c1cnn(C2CCCCC2)c1. The van der Waals surface area contributed by atoms with E-state index in [-0.39, 0.29) is 0 Å². The molecule has 1 amide bonds. The minimum atomic E-state index is -0.426. The van der Waals surface area contributed by atoms with Crippen LogP contribution in [0.4, 0.5) is 0 Å². The van der Waals surface area contributed by atoms with Crippen molar-refractivity contribution in [2.24, 2.45) is 5.73 Å². The molecule has 1 saturated carbocycles. The van der Waals surface area contributed by atoms with Crippen LogP contribution in [0.2, 0.25) is 0 Å². The second-order valence-corrected chi connectivity index (χ2v) is 4.28. The molecule has 0 bridgehead atoms. The highest BCUT2D eigenvalue weighted by Crippen LogP contribution is 2.27. The van der Waals surface area contributed by atoms with Gasteiger partial charge in [0.25, 0.3) is 0 Å². The summed E-state index contributed by atoms with van der Waals surface area (Å²) in [4.78, 5) is 10.6. The number of aromatic nitrogens is 2. The van der Waals surface area contributed by atoms with Gasteiger partial charge in [-0.15, -0.1) is 0 Å². The largest absolute Gasteiger partial charge is 0.366 e. The van der Waals surface area contributed by atoms with Crippen LogP contribution in [0.25, 0.3) is 6.08 Å². The average molecular weight is 219 g/mol. The molecule has 4 nitrogen and oxygen atoms in total. The van der Waals surface area contributed by atoms with Crippen molar-refractivity contribution in [1.29, 1.82) is 0 Å². The van der Waals surface area contributed by atoms with Gasteiger partial charge in [0.15, 0.2) is 0 Å². The van der Waals surface area contributed by atoms with Gasteiger partial charge in [-0.2, -0.15) is 5.10 Å². The number of carbonyl (C=O) groups is 1. The lowest BCUT2D eigenvalue weighted by atomic mass is 9.96. The van der Waals surface area contributed by atoms with E-state index in [0.717, 1.165) is 5.56 Å². The van der Waals surface area contributed by atoms with Crippen LogP contribution in [0.15, 0.2) is 18.5 Å². The summed E-state index contributed by atoms with van der Waals surface area (Å²) in [5.41, 5.74) is 5.97. The molecular formula is C12H17N3O. The van der Waals surface area contributed by atoms with Crippen LogP contribution in [0.3, 0.4) is 0 Å². The van der Waals surface area contributed by atoms with Crippen LogP contribution in [0, 0.1) is 0 Å². The van der Waals surface area contributed by atoms with Crippen molar-refractivity contribution in [3.63, 3.8) is 0 Å². The summed E-state index contributed by atoms with van der Waals surface area (Å²) in [5.74, 6) is -0.426. The Kier molecular flexibility index (Phi) is 3.39. The molecule has 0 saturated heterocycles. The van der Waals surface area contributed by atoms with E-state index in [1.807, 2.05) is 10.9 Å². The fourth-order valence-corrected chi connectivity index (χ4v) is 2.16. The molecular weight excluding hydrogens is 202 g/mol. The van der Waals surface area contributed by atoms with Crippen LogP contribution in [-0.4, -0.2) is 15.7 Å². The number of rotatable bonds is 3. The molecule has 2 rings (SSSR count). The van der Waals surface area contributed by atoms with Gasteiger partial charge >= 0.3 is 0 Å². The number of carbonyl (C=O) groups excluding carboxylic acids is 1. The van der Waals surface area contributed by atoms with Gasteiger partial charge < -0.3 is 5.73 Å². The molecule has 1 aromatic rings. The molecule has 1 heterocycles. The lowest BCUT2D eigenvalue weighted by Gasteiger charge is -2.21. The first kappa shape index (κ1) is 10.9. The molecule has 0 aliphatic heterocycles. The van der Waals surface area contributed by atoms with Crippen molar-refractivity contribution in [1.82, 2.24) is 9.78 Å². The summed E-state index contributed by atoms with van der Waals surface area (Å²) in [6, 6.07) is 0.532. The zero-order valence-electron chi connectivity index (χ0n) is 9.30. The van der Waals surface area contributed by atoms with Crippen LogP contribution < -0.4 is 5.73 Å². The van der Waals surface area contributed by atoms with Crippen molar-refractivity contribution in [2.45, 2.75) is 38.1 Å². The van der Waals surface area contributed by atoms with Crippen molar-refractivity contribution in [3.8, 4) is 0 Å². The van der Waals surface area contributed by atoms with E-state index in [1.165, 1.54) is 38.2 Å². The second-order valence-electron chi connectivity index (χ2n) is 4.28. The Bertz CT molecular complexity index is 389. The third-order valence-electron chi connectivity index (χ3n) is 3.01. The van der Waals surface area contributed by atoms with Crippen LogP contribution >= 0.6 is 0 Å². The Morgan fingerprint density at radius 3 is 2.88 bits per heavy atom. The van der Waals surface area contributed by atoms with Gasteiger partial charge in [-0.1, -0.05) is 19.3 Å². The van der Waals surface area contributed by atoms with Gasteiger partial charge in [-0.05, 0) is 18.9 Å². The maximum Gasteiger partial charge on any atom is 0.241 e. The molecule has 0 radical (unpaired) electrons. The first-order chi connectivity index (χ1) is 7.75. The lowest BCUT2D eigenvalue weighted by Crippen LogP contribution is -2.12. The Hall–Kier alpha value is -1.58. The molecule has 86 valence electrons. The molecule has 1 fully saturated rings. The number of amides is 1. The number of nitrogens with two attached hydrogens (primary N) is 1. The van der Waals surface area contributed by atoms with E-state index in [1.54, 1.807) is 12.3 Å². The number of hydrogen-bond donors (Lipinski definition) is 1. The fraction of sp³-hybridized carbons (Fsp3) is 0.500. The van der Waals surface area contributed by atoms with Crippen molar-refractivity contribution in [2.75, 3.05) is 0 Å². The quantitative estimate of drug-likeness (QED) is 0.789. The van der Waals surface area contributed by atoms with E-state index in [4.69, 9.17) is 5.73 Å². The molecule has 0 aromatic carbocycles. The Morgan fingerprint density at radius 1 is 1.44 bits per heavy atom. The first-order valence-corrected chi connectivity index (χ1v) is 5.77. The van der Waals surface area contributed by atoms with Gasteiger partial charge in [0.1, 0.15) is 0 Å². The van der Waals surface area contributed by atoms with E-state index in [9.17, 15) is 4.79 Å². The zero-order valence-corrected chi connectivity index (χ0v) is 9.30.